The molecular weight excluding hydrogens is 274 g/mol. The number of aromatic carboxylic acids is 1. The minimum Gasteiger partial charge on any atom is -0.478 e. The third-order valence-electron chi connectivity index (χ3n) is 1.84. The third-order valence-corrected chi connectivity index (χ3v) is 1.84. The molecule has 0 saturated heterocycles. The van der Waals surface area contributed by atoms with E-state index in [0.29, 0.717) is 0 Å². The van der Waals surface area contributed by atoms with Crippen molar-refractivity contribution < 1.29 is 37.0 Å². The first-order valence-corrected chi connectivity index (χ1v) is 4.73. The summed E-state index contributed by atoms with van der Waals surface area (Å²) >= 11 is 0. The van der Waals surface area contributed by atoms with Crippen molar-refractivity contribution in [3.05, 3.63) is 29.6 Å². The SMILES string of the molecule is O=C(Nc1c(F)cccc1C(=O)O)OCC(F)(F)F. The maximum Gasteiger partial charge on any atom is 0.422 e. The topological polar surface area (TPSA) is 75.6 Å². The Morgan fingerprint density at radius 2 is 1.95 bits per heavy atom. The van der Waals surface area contributed by atoms with Gasteiger partial charge in [0, 0.05) is 0 Å². The van der Waals surface area contributed by atoms with Gasteiger partial charge >= 0.3 is 18.2 Å². The molecule has 104 valence electrons. The molecule has 0 aliphatic heterocycles. The zero-order valence-electron chi connectivity index (χ0n) is 9.12. The normalized spacial score (nSPS) is 10.9. The van der Waals surface area contributed by atoms with Gasteiger partial charge in [-0.1, -0.05) is 6.07 Å². The number of hydrogen-bond acceptors (Lipinski definition) is 3. The molecule has 5 nitrogen and oxygen atoms in total. The molecule has 0 aromatic heterocycles. The molecule has 0 unspecified atom stereocenters. The number of benzene rings is 1. The number of alkyl halides is 3. The Balaban J connectivity index is 2.82. The standard InChI is InChI=1S/C10H7F4NO4/c11-6-3-1-2-5(8(16)17)7(6)15-9(18)19-4-10(12,13)14/h1-3H,4H2,(H,15,18)(H,16,17). The van der Waals surface area contributed by atoms with Crippen molar-refractivity contribution in [1.82, 2.24) is 0 Å². The van der Waals surface area contributed by atoms with E-state index in [9.17, 15) is 27.2 Å². The summed E-state index contributed by atoms with van der Waals surface area (Å²) in [4.78, 5) is 21.7. The van der Waals surface area contributed by atoms with E-state index < -0.39 is 41.9 Å². The molecule has 1 aromatic rings. The first kappa shape index (κ1) is 14.7. The number of carboxylic acids is 1. The second kappa shape index (κ2) is 5.55. The van der Waals surface area contributed by atoms with Crippen LogP contribution in [0.2, 0.25) is 0 Å². The number of nitrogens with one attached hydrogen (secondary N) is 1. The van der Waals surface area contributed by atoms with Crippen LogP contribution < -0.4 is 5.32 Å². The molecule has 2 N–H and O–H groups in total. The van der Waals surface area contributed by atoms with Gasteiger partial charge in [0.15, 0.2) is 6.61 Å². The predicted molar refractivity (Wildman–Crippen MR) is 54.4 cm³/mol. The molecule has 0 heterocycles. The van der Waals surface area contributed by atoms with Gasteiger partial charge in [0.05, 0.1) is 11.3 Å². The number of ether oxygens (including phenoxy) is 1. The van der Waals surface area contributed by atoms with Crippen molar-refractivity contribution in [2.45, 2.75) is 6.18 Å². The summed E-state index contributed by atoms with van der Waals surface area (Å²) in [6, 6.07) is 2.89. The molecule has 0 bridgehead atoms. The van der Waals surface area contributed by atoms with Gasteiger partial charge in [-0.3, -0.25) is 5.32 Å². The fraction of sp³-hybridized carbons (Fsp3) is 0.200. The van der Waals surface area contributed by atoms with Gasteiger partial charge in [-0.05, 0) is 12.1 Å². The van der Waals surface area contributed by atoms with Gasteiger partial charge in [0.1, 0.15) is 5.82 Å². The number of anilines is 1. The molecule has 1 amide bonds. The first-order valence-electron chi connectivity index (χ1n) is 4.73. The second-order valence-electron chi connectivity index (χ2n) is 3.28. The first-order chi connectivity index (χ1) is 8.70. The minimum atomic E-state index is -4.73. The van der Waals surface area contributed by atoms with Crippen LogP contribution in [0.25, 0.3) is 0 Å². The number of hydrogen-bond donors (Lipinski definition) is 2. The van der Waals surface area contributed by atoms with E-state index in [0.717, 1.165) is 18.2 Å². The zero-order chi connectivity index (χ0) is 14.6. The van der Waals surface area contributed by atoms with Crippen LogP contribution >= 0.6 is 0 Å². The van der Waals surface area contributed by atoms with Crippen LogP contribution in [-0.4, -0.2) is 30.0 Å². The Morgan fingerprint density at radius 1 is 1.32 bits per heavy atom. The average molecular weight is 281 g/mol. The zero-order valence-corrected chi connectivity index (χ0v) is 9.12. The van der Waals surface area contributed by atoms with Gasteiger partial charge in [0.25, 0.3) is 0 Å². The van der Waals surface area contributed by atoms with E-state index in [1.807, 2.05) is 0 Å². The molecular formula is C10H7F4NO4. The highest BCUT2D eigenvalue weighted by molar-refractivity contribution is 5.98. The van der Waals surface area contributed by atoms with Crippen molar-refractivity contribution in [3.8, 4) is 0 Å². The lowest BCUT2D eigenvalue weighted by atomic mass is 10.1. The van der Waals surface area contributed by atoms with E-state index in [1.54, 1.807) is 5.32 Å². The van der Waals surface area contributed by atoms with E-state index in [-0.39, 0.29) is 0 Å². The maximum atomic E-state index is 13.3. The third kappa shape index (κ3) is 4.45. The van der Waals surface area contributed by atoms with E-state index in [2.05, 4.69) is 4.74 Å². The number of rotatable bonds is 3. The van der Waals surface area contributed by atoms with E-state index in [1.165, 1.54) is 0 Å². The Bertz CT molecular complexity index is 501. The minimum absolute atomic E-state index is 0.607. The second-order valence-corrected chi connectivity index (χ2v) is 3.28. The van der Waals surface area contributed by atoms with Crippen LogP contribution in [0.4, 0.5) is 28.0 Å². The molecule has 1 rings (SSSR count). The molecule has 0 aliphatic carbocycles. The lowest BCUT2D eigenvalue weighted by Crippen LogP contribution is -2.24. The van der Waals surface area contributed by atoms with Gasteiger partial charge in [-0.15, -0.1) is 0 Å². The molecule has 0 aliphatic rings. The lowest BCUT2D eigenvalue weighted by molar-refractivity contribution is -0.159. The summed E-state index contributed by atoms with van der Waals surface area (Å²) in [5.41, 5.74) is -1.37. The summed E-state index contributed by atoms with van der Waals surface area (Å²) in [6.07, 6.45) is -6.34. The monoisotopic (exact) mass is 281 g/mol. The summed E-state index contributed by atoms with van der Waals surface area (Å²) in [5.74, 6) is -2.66. The van der Waals surface area contributed by atoms with Crippen LogP contribution in [0, 0.1) is 5.82 Å². The van der Waals surface area contributed by atoms with Crippen molar-refractivity contribution in [2.75, 3.05) is 11.9 Å². The van der Waals surface area contributed by atoms with E-state index >= 15 is 0 Å². The highest BCUT2D eigenvalue weighted by Crippen LogP contribution is 2.21. The summed E-state index contributed by atoms with van der Waals surface area (Å²) < 4.78 is 52.4. The maximum absolute atomic E-state index is 13.3. The van der Waals surface area contributed by atoms with Crippen LogP contribution in [0.5, 0.6) is 0 Å². The lowest BCUT2D eigenvalue weighted by Gasteiger charge is -2.11. The van der Waals surface area contributed by atoms with Crippen molar-refractivity contribution in [3.63, 3.8) is 0 Å². The molecule has 0 radical (unpaired) electrons. The van der Waals surface area contributed by atoms with Crippen molar-refractivity contribution >= 4 is 17.7 Å². The van der Waals surface area contributed by atoms with Gasteiger partial charge in [-0.25, -0.2) is 14.0 Å². The number of amides is 1. The number of carbonyl (C=O) groups excluding carboxylic acids is 1. The Hall–Kier alpha value is -2.32. The fourth-order valence-corrected chi connectivity index (χ4v) is 1.11. The molecule has 0 fully saturated rings. The smallest absolute Gasteiger partial charge is 0.422 e. The Morgan fingerprint density at radius 3 is 2.47 bits per heavy atom. The van der Waals surface area contributed by atoms with Gasteiger partial charge < -0.3 is 9.84 Å². The van der Waals surface area contributed by atoms with Crippen LogP contribution in [-0.2, 0) is 4.74 Å². The highest BCUT2D eigenvalue weighted by Gasteiger charge is 2.30. The molecule has 0 spiro atoms. The van der Waals surface area contributed by atoms with Crippen LogP contribution in [0.15, 0.2) is 18.2 Å². The largest absolute Gasteiger partial charge is 0.478 e. The Labute approximate surface area is 103 Å². The number of carbonyl (C=O) groups is 2. The van der Waals surface area contributed by atoms with Crippen LogP contribution in [0.1, 0.15) is 10.4 Å². The van der Waals surface area contributed by atoms with E-state index in [4.69, 9.17) is 5.11 Å². The molecule has 1 aromatic carbocycles. The molecule has 9 heteroatoms. The average Bonchev–Trinajstić information content (AvgIpc) is 2.28. The Kier molecular flexibility index (Phi) is 4.30. The van der Waals surface area contributed by atoms with Crippen molar-refractivity contribution in [1.29, 1.82) is 0 Å². The molecule has 0 atom stereocenters. The summed E-state index contributed by atoms with van der Waals surface area (Å²) in [7, 11) is 0. The molecule has 19 heavy (non-hydrogen) atoms. The molecule has 0 saturated carbocycles. The van der Waals surface area contributed by atoms with Gasteiger partial charge in [-0.2, -0.15) is 13.2 Å². The summed E-state index contributed by atoms with van der Waals surface area (Å²) in [6.45, 7) is -1.87. The number of carboxylic acid groups (broad SMARTS) is 1. The number of halogens is 4. The van der Waals surface area contributed by atoms with Gasteiger partial charge in [0.2, 0.25) is 0 Å². The quantitative estimate of drug-likeness (QED) is 0.835. The summed E-state index contributed by atoms with van der Waals surface area (Å²) in [5, 5.41) is 10.3. The highest BCUT2D eigenvalue weighted by atomic mass is 19.4. The fourth-order valence-electron chi connectivity index (χ4n) is 1.11. The van der Waals surface area contributed by atoms with Crippen molar-refractivity contribution in [2.24, 2.45) is 0 Å². The number of para-hydroxylation sites is 1. The van der Waals surface area contributed by atoms with Crippen LogP contribution in [0.3, 0.4) is 0 Å². The predicted octanol–water partition coefficient (Wildman–Crippen LogP) is 2.63.